The molecule has 0 unspecified atom stereocenters. The van der Waals surface area contributed by atoms with Crippen molar-refractivity contribution < 1.29 is 18.7 Å². The first kappa shape index (κ1) is 12.2. The first-order chi connectivity index (χ1) is 8.50. The molecule has 0 fully saturated rings. The fourth-order valence-corrected chi connectivity index (χ4v) is 1.63. The van der Waals surface area contributed by atoms with Gasteiger partial charge in [0, 0.05) is 13.2 Å². The monoisotopic (exact) mass is 256 g/mol. The number of nitrogens with one attached hydrogen (secondary N) is 1. The van der Waals surface area contributed by atoms with Crippen molar-refractivity contribution >= 4 is 22.7 Å². The lowest BCUT2D eigenvalue weighted by molar-refractivity contribution is 0.0697. The van der Waals surface area contributed by atoms with Gasteiger partial charge in [-0.1, -0.05) is 0 Å². The van der Waals surface area contributed by atoms with Gasteiger partial charge < -0.3 is 10.4 Å². The average Bonchev–Trinajstić information content (AvgIpc) is 2.68. The van der Waals surface area contributed by atoms with Crippen molar-refractivity contribution in [2.45, 2.75) is 6.43 Å². The predicted octanol–water partition coefficient (Wildman–Crippen LogP) is 1.34. The lowest BCUT2D eigenvalue weighted by atomic mass is 10.2. The molecule has 2 aromatic heterocycles. The number of rotatable bonds is 4. The van der Waals surface area contributed by atoms with Gasteiger partial charge in [0.15, 0.2) is 5.65 Å². The van der Waals surface area contributed by atoms with E-state index >= 15 is 0 Å². The summed E-state index contributed by atoms with van der Waals surface area (Å²) in [6.07, 6.45) is -0.0607. The SMILES string of the molecule is Cn1ncc2c(NCC(F)F)c(C(=O)O)cnc21. The van der Waals surface area contributed by atoms with Crippen LogP contribution in [0.3, 0.4) is 0 Å². The van der Waals surface area contributed by atoms with Gasteiger partial charge in [0.25, 0.3) is 6.43 Å². The van der Waals surface area contributed by atoms with Gasteiger partial charge >= 0.3 is 5.97 Å². The molecule has 0 aliphatic carbocycles. The zero-order valence-corrected chi connectivity index (χ0v) is 9.39. The zero-order chi connectivity index (χ0) is 13.3. The summed E-state index contributed by atoms with van der Waals surface area (Å²) in [7, 11) is 1.63. The average molecular weight is 256 g/mol. The van der Waals surface area contributed by atoms with Crippen molar-refractivity contribution in [1.29, 1.82) is 0 Å². The fraction of sp³-hybridized carbons (Fsp3) is 0.300. The summed E-state index contributed by atoms with van der Waals surface area (Å²) in [5.74, 6) is -1.23. The molecule has 0 saturated carbocycles. The second-order valence-corrected chi connectivity index (χ2v) is 3.63. The number of carboxylic acids is 1. The molecular formula is C10H10F2N4O2. The summed E-state index contributed by atoms with van der Waals surface area (Å²) in [6.45, 7) is -0.631. The number of nitrogens with zero attached hydrogens (tertiary/aromatic N) is 3. The first-order valence-corrected chi connectivity index (χ1v) is 5.06. The molecule has 0 radical (unpaired) electrons. The Morgan fingerprint density at radius 3 is 2.89 bits per heavy atom. The Kier molecular flexibility index (Phi) is 3.09. The highest BCUT2D eigenvalue weighted by molar-refractivity contribution is 6.03. The van der Waals surface area contributed by atoms with E-state index in [2.05, 4.69) is 15.4 Å². The van der Waals surface area contributed by atoms with Crippen LogP contribution in [0.15, 0.2) is 12.4 Å². The molecule has 2 N–H and O–H groups in total. The Morgan fingerprint density at radius 1 is 1.56 bits per heavy atom. The van der Waals surface area contributed by atoms with E-state index in [0.29, 0.717) is 11.0 Å². The lowest BCUT2D eigenvalue weighted by Gasteiger charge is -2.09. The van der Waals surface area contributed by atoms with E-state index < -0.39 is 18.9 Å². The van der Waals surface area contributed by atoms with Crippen molar-refractivity contribution in [2.75, 3.05) is 11.9 Å². The summed E-state index contributed by atoms with van der Waals surface area (Å²) in [5.41, 5.74) is 0.383. The van der Waals surface area contributed by atoms with Crippen LogP contribution in [-0.2, 0) is 7.05 Å². The van der Waals surface area contributed by atoms with Crippen LogP contribution in [0.2, 0.25) is 0 Å². The number of fused-ring (bicyclic) bond motifs is 1. The molecule has 0 spiro atoms. The van der Waals surface area contributed by atoms with Crippen molar-refractivity contribution in [3.8, 4) is 0 Å². The molecule has 0 aliphatic rings. The molecule has 96 valence electrons. The van der Waals surface area contributed by atoms with Crippen LogP contribution in [0.25, 0.3) is 11.0 Å². The second kappa shape index (κ2) is 4.55. The number of aryl methyl sites for hydroxylation is 1. The molecule has 0 bridgehead atoms. The highest BCUT2D eigenvalue weighted by Crippen LogP contribution is 2.25. The van der Waals surface area contributed by atoms with Crippen LogP contribution >= 0.6 is 0 Å². The second-order valence-electron chi connectivity index (χ2n) is 3.63. The molecule has 0 amide bonds. The number of carbonyl (C=O) groups is 1. The molecule has 18 heavy (non-hydrogen) atoms. The van der Waals surface area contributed by atoms with Gasteiger partial charge in [-0.3, -0.25) is 4.68 Å². The van der Waals surface area contributed by atoms with E-state index in [0.717, 1.165) is 6.20 Å². The molecule has 8 heteroatoms. The Bertz CT molecular complexity index is 597. The van der Waals surface area contributed by atoms with Crippen LogP contribution < -0.4 is 5.32 Å². The number of hydrogen-bond acceptors (Lipinski definition) is 4. The summed E-state index contributed by atoms with van der Waals surface area (Å²) >= 11 is 0. The molecule has 2 rings (SSSR count). The molecule has 0 aliphatic heterocycles. The summed E-state index contributed by atoms with van der Waals surface area (Å²) in [5, 5.41) is 15.7. The topological polar surface area (TPSA) is 80.0 Å². The maximum atomic E-state index is 12.2. The number of carboxylic acid groups (broad SMARTS) is 1. The number of pyridine rings is 1. The third-order valence-electron chi connectivity index (χ3n) is 2.43. The summed E-state index contributed by atoms with van der Waals surface area (Å²) in [4.78, 5) is 15.0. The lowest BCUT2D eigenvalue weighted by Crippen LogP contribution is -2.14. The number of halogens is 2. The molecule has 6 nitrogen and oxygen atoms in total. The molecule has 0 aromatic carbocycles. The standard InChI is InChI=1S/C10H10F2N4O2/c1-16-9-5(3-15-16)8(13-4-7(11)12)6(2-14-9)10(17)18/h2-3,7H,4H2,1H3,(H,13,14)(H,17,18). The minimum absolute atomic E-state index is 0.112. The summed E-state index contributed by atoms with van der Waals surface area (Å²) in [6, 6.07) is 0. The van der Waals surface area contributed by atoms with E-state index in [1.807, 2.05) is 0 Å². The molecule has 2 aromatic rings. The van der Waals surface area contributed by atoms with Gasteiger partial charge in [0.05, 0.1) is 23.8 Å². The quantitative estimate of drug-likeness (QED) is 0.863. The minimum atomic E-state index is -2.58. The van der Waals surface area contributed by atoms with Crippen molar-refractivity contribution in [3.05, 3.63) is 18.0 Å². The van der Waals surface area contributed by atoms with Crippen LogP contribution in [0.5, 0.6) is 0 Å². The largest absolute Gasteiger partial charge is 0.478 e. The third-order valence-corrected chi connectivity index (χ3v) is 2.43. The number of aromatic carboxylic acids is 1. The molecule has 2 heterocycles. The van der Waals surface area contributed by atoms with Crippen molar-refractivity contribution in [1.82, 2.24) is 14.8 Å². The molecule has 0 atom stereocenters. The van der Waals surface area contributed by atoms with Gasteiger partial charge in [-0.2, -0.15) is 5.10 Å². The highest BCUT2D eigenvalue weighted by atomic mass is 19.3. The van der Waals surface area contributed by atoms with Gasteiger partial charge in [0.2, 0.25) is 0 Å². The third kappa shape index (κ3) is 2.08. The number of anilines is 1. The number of aromatic nitrogens is 3. The van der Waals surface area contributed by atoms with Crippen molar-refractivity contribution in [2.24, 2.45) is 7.05 Å². The van der Waals surface area contributed by atoms with Crippen LogP contribution in [-0.4, -0.2) is 38.8 Å². The van der Waals surface area contributed by atoms with Gasteiger partial charge in [-0.15, -0.1) is 0 Å². The number of alkyl halides is 2. The van der Waals surface area contributed by atoms with Crippen LogP contribution in [0.4, 0.5) is 14.5 Å². The van der Waals surface area contributed by atoms with Crippen LogP contribution in [0.1, 0.15) is 10.4 Å². The molecule has 0 saturated heterocycles. The maximum absolute atomic E-state index is 12.2. The Balaban J connectivity index is 2.55. The minimum Gasteiger partial charge on any atom is -0.478 e. The smallest absolute Gasteiger partial charge is 0.339 e. The summed E-state index contributed by atoms with van der Waals surface area (Å²) < 4.78 is 25.9. The number of hydrogen-bond donors (Lipinski definition) is 2. The van der Waals surface area contributed by atoms with E-state index in [1.165, 1.54) is 10.9 Å². The first-order valence-electron chi connectivity index (χ1n) is 5.06. The van der Waals surface area contributed by atoms with E-state index in [9.17, 15) is 13.6 Å². The predicted molar refractivity (Wildman–Crippen MR) is 60.0 cm³/mol. The highest BCUT2D eigenvalue weighted by Gasteiger charge is 2.17. The van der Waals surface area contributed by atoms with Gasteiger partial charge in [-0.25, -0.2) is 18.6 Å². The Hall–Kier alpha value is -2.25. The van der Waals surface area contributed by atoms with E-state index in [4.69, 9.17) is 5.11 Å². The normalized spacial score (nSPS) is 11.1. The van der Waals surface area contributed by atoms with Gasteiger partial charge in [0.1, 0.15) is 5.56 Å². The van der Waals surface area contributed by atoms with Crippen molar-refractivity contribution in [3.63, 3.8) is 0 Å². The maximum Gasteiger partial charge on any atom is 0.339 e. The van der Waals surface area contributed by atoms with Crippen LogP contribution in [0, 0.1) is 0 Å². The van der Waals surface area contributed by atoms with E-state index in [1.54, 1.807) is 7.05 Å². The van der Waals surface area contributed by atoms with Gasteiger partial charge in [-0.05, 0) is 0 Å². The fourth-order valence-electron chi connectivity index (χ4n) is 1.63. The Morgan fingerprint density at radius 2 is 2.28 bits per heavy atom. The van der Waals surface area contributed by atoms with E-state index in [-0.39, 0.29) is 11.3 Å². The zero-order valence-electron chi connectivity index (χ0n) is 9.39. The Labute approximate surface area is 100 Å². The molecular weight excluding hydrogens is 246 g/mol.